The van der Waals surface area contributed by atoms with E-state index in [-0.39, 0.29) is 17.0 Å². The number of carbonyl (C=O) groups excluding carboxylic acids is 1. The molecule has 0 aliphatic carbocycles. The number of amides is 1. The van der Waals surface area contributed by atoms with Gasteiger partial charge in [0.1, 0.15) is 11.6 Å². The van der Waals surface area contributed by atoms with Crippen LogP contribution in [-0.2, 0) is 17.8 Å². The normalized spacial score (nSPS) is 18.2. The average Bonchev–Trinajstić information content (AvgIpc) is 3.35. The summed E-state index contributed by atoms with van der Waals surface area (Å²) in [5.41, 5.74) is 1.82. The highest BCUT2D eigenvalue weighted by Crippen LogP contribution is 2.31. The molecule has 7 heteroatoms. The third-order valence-electron chi connectivity index (χ3n) is 4.40. The summed E-state index contributed by atoms with van der Waals surface area (Å²) >= 11 is 1.36. The molecule has 1 amide bonds. The lowest BCUT2D eigenvalue weighted by atomic mass is 10.1. The van der Waals surface area contributed by atoms with Gasteiger partial charge in [0.15, 0.2) is 5.17 Å². The lowest BCUT2D eigenvalue weighted by molar-refractivity contribution is -0.126. The van der Waals surface area contributed by atoms with Gasteiger partial charge < -0.3 is 4.42 Å². The zero-order valence-corrected chi connectivity index (χ0v) is 16.3. The Morgan fingerprint density at radius 2 is 1.86 bits per heavy atom. The SMILES string of the molecule is O=C1[C@H](Cc2ccc(F)cc2)S/C(=N\N=C/c2ccccc2)N1Cc1ccco1. The Morgan fingerprint density at radius 3 is 2.59 bits per heavy atom. The number of benzene rings is 2. The van der Waals surface area contributed by atoms with Gasteiger partial charge in [-0.3, -0.25) is 9.69 Å². The van der Waals surface area contributed by atoms with Crippen molar-refractivity contribution >= 4 is 29.1 Å². The summed E-state index contributed by atoms with van der Waals surface area (Å²) in [6.45, 7) is 0.290. The van der Waals surface area contributed by atoms with E-state index in [0.717, 1.165) is 11.1 Å². The van der Waals surface area contributed by atoms with Crippen LogP contribution in [0.4, 0.5) is 4.39 Å². The number of rotatable bonds is 6. The van der Waals surface area contributed by atoms with Gasteiger partial charge in [0.05, 0.1) is 24.3 Å². The summed E-state index contributed by atoms with van der Waals surface area (Å²) in [5, 5.41) is 8.62. The maximum Gasteiger partial charge on any atom is 0.242 e. The predicted molar refractivity (Wildman–Crippen MR) is 112 cm³/mol. The topological polar surface area (TPSA) is 58.2 Å². The van der Waals surface area contributed by atoms with Crippen molar-refractivity contribution in [3.8, 4) is 0 Å². The summed E-state index contributed by atoms with van der Waals surface area (Å²) in [6, 6.07) is 19.4. The third-order valence-corrected chi connectivity index (χ3v) is 5.56. The maximum absolute atomic E-state index is 13.2. The fraction of sp³-hybridized carbons (Fsp3) is 0.136. The molecule has 0 spiro atoms. The van der Waals surface area contributed by atoms with Crippen LogP contribution >= 0.6 is 11.8 Å². The monoisotopic (exact) mass is 407 g/mol. The van der Waals surface area contributed by atoms with Crippen LogP contribution in [0.2, 0.25) is 0 Å². The molecule has 1 saturated heterocycles. The largest absolute Gasteiger partial charge is 0.467 e. The van der Waals surface area contributed by atoms with E-state index in [1.165, 1.54) is 23.9 Å². The van der Waals surface area contributed by atoms with Crippen LogP contribution in [0.25, 0.3) is 0 Å². The number of furan rings is 1. The van der Waals surface area contributed by atoms with Crippen LogP contribution < -0.4 is 0 Å². The molecule has 2 aromatic carbocycles. The van der Waals surface area contributed by atoms with E-state index in [4.69, 9.17) is 4.42 Å². The lowest BCUT2D eigenvalue weighted by Crippen LogP contribution is -2.32. The molecule has 1 aliphatic rings. The first-order chi connectivity index (χ1) is 14.2. The molecule has 0 N–H and O–H groups in total. The van der Waals surface area contributed by atoms with Crippen molar-refractivity contribution in [2.75, 3.05) is 0 Å². The first-order valence-electron chi connectivity index (χ1n) is 9.10. The van der Waals surface area contributed by atoms with Crippen molar-refractivity contribution in [2.45, 2.75) is 18.2 Å². The van der Waals surface area contributed by atoms with E-state index in [1.807, 2.05) is 36.4 Å². The van der Waals surface area contributed by atoms with Gasteiger partial charge in [-0.05, 0) is 41.8 Å². The van der Waals surface area contributed by atoms with E-state index < -0.39 is 0 Å². The zero-order valence-electron chi connectivity index (χ0n) is 15.4. The number of hydrogen-bond acceptors (Lipinski definition) is 5. The van der Waals surface area contributed by atoms with Crippen molar-refractivity contribution < 1.29 is 13.6 Å². The molecule has 2 heterocycles. The molecule has 1 aromatic heterocycles. The molecule has 29 heavy (non-hydrogen) atoms. The molecular weight excluding hydrogens is 389 g/mol. The second-order valence-corrected chi connectivity index (χ2v) is 7.65. The molecule has 146 valence electrons. The summed E-state index contributed by atoms with van der Waals surface area (Å²) in [6.07, 6.45) is 3.71. The summed E-state index contributed by atoms with van der Waals surface area (Å²) in [4.78, 5) is 14.6. The molecule has 0 bridgehead atoms. The summed E-state index contributed by atoms with van der Waals surface area (Å²) < 4.78 is 18.6. The average molecular weight is 407 g/mol. The van der Waals surface area contributed by atoms with E-state index >= 15 is 0 Å². The second kappa shape index (κ2) is 8.87. The number of nitrogens with zero attached hydrogens (tertiary/aromatic N) is 3. The van der Waals surface area contributed by atoms with Gasteiger partial charge >= 0.3 is 0 Å². The van der Waals surface area contributed by atoms with Gasteiger partial charge in [-0.15, -0.1) is 5.10 Å². The highest BCUT2D eigenvalue weighted by molar-refractivity contribution is 8.15. The molecule has 0 radical (unpaired) electrons. The Labute approximate surface area is 171 Å². The van der Waals surface area contributed by atoms with Crippen LogP contribution in [0, 0.1) is 5.82 Å². The van der Waals surface area contributed by atoms with Gasteiger partial charge in [0, 0.05) is 0 Å². The number of hydrogen-bond donors (Lipinski definition) is 0. The molecule has 1 aliphatic heterocycles. The standard InChI is InChI=1S/C22H18FN3O2S/c23-18-10-8-16(9-11-18)13-20-21(27)26(15-19-7-4-12-28-19)22(29-20)25-24-14-17-5-2-1-3-6-17/h1-12,14,20H,13,15H2/b24-14-,25-22-/t20-/m0/s1. The molecule has 0 unspecified atom stereocenters. The van der Waals surface area contributed by atoms with Gasteiger partial charge in [0.25, 0.3) is 0 Å². The Morgan fingerprint density at radius 1 is 1.07 bits per heavy atom. The Hall–Kier alpha value is -3.19. The molecule has 4 rings (SSSR count). The molecule has 0 saturated carbocycles. The fourth-order valence-electron chi connectivity index (χ4n) is 2.94. The number of amidine groups is 1. The van der Waals surface area contributed by atoms with E-state index in [1.54, 1.807) is 35.6 Å². The fourth-order valence-corrected chi connectivity index (χ4v) is 4.07. The van der Waals surface area contributed by atoms with Crippen molar-refractivity contribution in [3.05, 3.63) is 95.7 Å². The third kappa shape index (κ3) is 4.81. The van der Waals surface area contributed by atoms with Gasteiger partial charge in [0.2, 0.25) is 5.91 Å². The highest BCUT2D eigenvalue weighted by Gasteiger charge is 2.38. The number of halogens is 1. The number of carbonyl (C=O) groups is 1. The van der Waals surface area contributed by atoms with Crippen LogP contribution in [0.15, 0.2) is 87.6 Å². The van der Waals surface area contributed by atoms with Crippen LogP contribution in [-0.4, -0.2) is 27.4 Å². The molecule has 1 fully saturated rings. The first-order valence-corrected chi connectivity index (χ1v) is 9.98. The van der Waals surface area contributed by atoms with Crippen LogP contribution in [0.1, 0.15) is 16.9 Å². The minimum atomic E-state index is -0.346. The summed E-state index contributed by atoms with van der Waals surface area (Å²) in [5.74, 6) is 0.307. The highest BCUT2D eigenvalue weighted by atomic mass is 32.2. The van der Waals surface area contributed by atoms with Crippen molar-refractivity contribution in [1.82, 2.24) is 4.90 Å². The van der Waals surface area contributed by atoms with Gasteiger partial charge in [-0.1, -0.05) is 54.2 Å². The lowest BCUT2D eigenvalue weighted by Gasteiger charge is -2.14. The van der Waals surface area contributed by atoms with Crippen LogP contribution in [0.5, 0.6) is 0 Å². The molecule has 3 aromatic rings. The molecule has 1 atom stereocenters. The molecule has 5 nitrogen and oxygen atoms in total. The van der Waals surface area contributed by atoms with E-state index in [9.17, 15) is 9.18 Å². The van der Waals surface area contributed by atoms with E-state index in [0.29, 0.717) is 23.9 Å². The van der Waals surface area contributed by atoms with Gasteiger partial charge in [-0.2, -0.15) is 5.10 Å². The number of thioether (sulfide) groups is 1. The van der Waals surface area contributed by atoms with Gasteiger partial charge in [-0.25, -0.2) is 4.39 Å². The first kappa shape index (κ1) is 19.1. The van der Waals surface area contributed by atoms with Crippen molar-refractivity contribution in [2.24, 2.45) is 10.2 Å². The Balaban J connectivity index is 1.54. The quantitative estimate of drug-likeness (QED) is 0.447. The smallest absolute Gasteiger partial charge is 0.242 e. The predicted octanol–water partition coefficient (Wildman–Crippen LogP) is 4.50. The second-order valence-electron chi connectivity index (χ2n) is 6.48. The zero-order chi connectivity index (χ0) is 20.1. The van der Waals surface area contributed by atoms with E-state index in [2.05, 4.69) is 10.2 Å². The Bertz CT molecular complexity index is 1020. The Kier molecular flexibility index (Phi) is 5.86. The summed E-state index contributed by atoms with van der Waals surface area (Å²) in [7, 11) is 0. The maximum atomic E-state index is 13.2. The molecular formula is C22H18FN3O2S. The minimum absolute atomic E-state index is 0.0654. The van der Waals surface area contributed by atoms with Crippen molar-refractivity contribution in [3.63, 3.8) is 0 Å². The van der Waals surface area contributed by atoms with Crippen molar-refractivity contribution in [1.29, 1.82) is 0 Å². The van der Waals surface area contributed by atoms with Crippen LogP contribution in [0.3, 0.4) is 0 Å². The minimum Gasteiger partial charge on any atom is -0.467 e.